The van der Waals surface area contributed by atoms with Crippen LogP contribution in [0.4, 0.5) is 0 Å². The highest BCUT2D eigenvalue weighted by Crippen LogP contribution is 2.16. The predicted molar refractivity (Wildman–Crippen MR) is 46.8 cm³/mol. The summed E-state index contributed by atoms with van der Waals surface area (Å²) in [5.41, 5.74) is 0.467. The van der Waals surface area contributed by atoms with E-state index in [0.717, 1.165) is 0 Å². The van der Waals surface area contributed by atoms with Gasteiger partial charge >= 0.3 is 0 Å². The second-order valence-electron chi connectivity index (χ2n) is 3.20. The molecule has 0 spiro atoms. The summed E-state index contributed by atoms with van der Waals surface area (Å²) >= 11 is 0. The summed E-state index contributed by atoms with van der Waals surface area (Å²) < 4.78 is 0. The van der Waals surface area contributed by atoms with Crippen molar-refractivity contribution >= 4 is 11.8 Å². The van der Waals surface area contributed by atoms with Crippen molar-refractivity contribution in [2.45, 2.75) is 26.3 Å². The molecule has 1 atom stereocenters. The van der Waals surface area contributed by atoms with E-state index in [0.29, 0.717) is 12.0 Å². The molecular weight excluding hydrogens is 170 g/mol. The minimum absolute atomic E-state index is 0.0166. The molecule has 0 saturated heterocycles. The lowest BCUT2D eigenvalue weighted by molar-refractivity contribution is -0.139. The fraction of sp³-hybridized carbons (Fsp3) is 0.556. The zero-order valence-electron chi connectivity index (χ0n) is 7.78. The van der Waals surface area contributed by atoms with Gasteiger partial charge in [-0.15, -0.1) is 0 Å². The van der Waals surface area contributed by atoms with Crippen molar-refractivity contribution in [2.75, 3.05) is 6.61 Å². The van der Waals surface area contributed by atoms with E-state index < -0.39 is 0 Å². The molecule has 13 heavy (non-hydrogen) atoms. The van der Waals surface area contributed by atoms with Crippen molar-refractivity contribution in [3.63, 3.8) is 0 Å². The first-order chi connectivity index (χ1) is 6.07. The van der Waals surface area contributed by atoms with E-state index >= 15 is 0 Å². The molecule has 4 nitrogen and oxygen atoms in total. The molecule has 72 valence electrons. The molecule has 0 aromatic rings. The lowest BCUT2D eigenvalue weighted by atomic mass is 10.2. The first-order valence-electron chi connectivity index (χ1n) is 4.24. The minimum atomic E-state index is -0.275. The van der Waals surface area contributed by atoms with Crippen molar-refractivity contribution in [1.29, 1.82) is 0 Å². The van der Waals surface area contributed by atoms with Crippen molar-refractivity contribution in [1.82, 2.24) is 4.90 Å². The zero-order valence-corrected chi connectivity index (χ0v) is 7.78. The lowest BCUT2D eigenvalue weighted by Gasteiger charge is -2.21. The third-order valence-electron chi connectivity index (χ3n) is 2.12. The third kappa shape index (κ3) is 1.78. The van der Waals surface area contributed by atoms with Gasteiger partial charge in [0.1, 0.15) is 0 Å². The number of hydrogen-bond acceptors (Lipinski definition) is 3. The maximum atomic E-state index is 11.4. The van der Waals surface area contributed by atoms with Crippen LogP contribution in [0.25, 0.3) is 0 Å². The van der Waals surface area contributed by atoms with Gasteiger partial charge in [-0.2, -0.15) is 0 Å². The third-order valence-corrected chi connectivity index (χ3v) is 2.12. The van der Waals surface area contributed by atoms with Gasteiger partial charge in [0.05, 0.1) is 0 Å². The summed E-state index contributed by atoms with van der Waals surface area (Å²) in [4.78, 5) is 23.8. The Balaban J connectivity index is 2.73. The van der Waals surface area contributed by atoms with Gasteiger partial charge in [0.15, 0.2) is 0 Å². The molecule has 0 aromatic carbocycles. The second kappa shape index (κ2) is 3.70. The minimum Gasteiger partial charge on any atom is -0.396 e. The van der Waals surface area contributed by atoms with Crippen molar-refractivity contribution < 1.29 is 14.7 Å². The lowest BCUT2D eigenvalue weighted by Crippen LogP contribution is -2.39. The molecule has 2 amide bonds. The smallest absolute Gasteiger partial charge is 0.256 e. The zero-order chi connectivity index (χ0) is 10.0. The Morgan fingerprint density at radius 3 is 2.54 bits per heavy atom. The molecule has 0 aliphatic carbocycles. The number of carbonyl (C=O) groups is 2. The average molecular weight is 183 g/mol. The fourth-order valence-electron chi connectivity index (χ4n) is 1.34. The van der Waals surface area contributed by atoms with E-state index in [1.165, 1.54) is 11.0 Å². The number of amides is 2. The molecule has 1 heterocycles. The molecule has 4 heteroatoms. The van der Waals surface area contributed by atoms with E-state index in [4.69, 9.17) is 5.11 Å². The molecular formula is C9H13NO3. The SMILES string of the molecule is CC1=CC(=O)N(C(C)CCO)C1=O. The number of aliphatic hydroxyl groups is 1. The number of imide groups is 1. The fourth-order valence-corrected chi connectivity index (χ4v) is 1.34. The van der Waals surface area contributed by atoms with E-state index in [2.05, 4.69) is 0 Å². The average Bonchev–Trinajstić information content (AvgIpc) is 2.27. The number of aliphatic hydroxyl groups excluding tert-OH is 1. The molecule has 1 aliphatic heterocycles. The summed E-state index contributed by atoms with van der Waals surface area (Å²) in [5.74, 6) is -0.519. The molecule has 0 fully saturated rings. The van der Waals surface area contributed by atoms with E-state index in [9.17, 15) is 9.59 Å². The van der Waals surface area contributed by atoms with E-state index in [-0.39, 0.29) is 24.5 Å². The number of rotatable bonds is 3. The Morgan fingerprint density at radius 1 is 1.54 bits per heavy atom. The summed E-state index contributed by atoms with van der Waals surface area (Å²) in [6.45, 7) is 3.35. The van der Waals surface area contributed by atoms with Crippen LogP contribution in [0.5, 0.6) is 0 Å². The monoisotopic (exact) mass is 183 g/mol. The largest absolute Gasteiger partial charge is 0.396 e. The molecule has 1 aliphatic rings. The normalized spacial score (nSPS) is 19.3. The van der Waals surface area contributed by atoms with Gasteiger partial charge in [-0.05, 0) is 20.3 Å². The Hall–Kier alpha value is -1.16. The van der Waals surface area contributed by atoms with E-state index in [1.54, 1.807) is 13.8 Å². The van der Waals surface area contributed by atoms with Crippen LogP contribution < -0.4 is 0 Å². The quantitative estimate of drug-likeness (QED) is 0.630. The first-order valence-corrected chi connectivity index (χ1v) is 4.24. The summed E-state index contributed by atoms with van der Waals surface area (Å²) in [5, 5.41) is 8.67. The highest BCUT2D eigenvalue weighted by molar-refractivity contribution is 6.16. The Kier molecular flexibility index (Phi) is 2.83. The summed E-state index contributed by atoms with van der Waals surface area (Å²) in [6.07, 6.45) is 1.76. The van der Waals surface area contributed by atoms with Crippen molar-refractivity contribution in [3.05, 3.63) is 11.6 Å². The molecule has 1 rings (SSSR count). The van der Waals surface area contributed by atoms with Crippen LogP contribution in [-0.4, -0.2) is 34.5 Å². The number of carbonyl (C=O) groups excluding carboxylic acids is 2. The van der Waals surface area contributed by atoms with Crippen LogP contribution in [0, 0.1) is 0 Å². The Bertz CT molecular complexity index is 270. The van der Waals surface area contributed by atoms with Gasteiger partial charge < -0.3 is 5.11 Å². The van der Waals surface area contributed by atoms with Crippen LogP contribution >= 0.6 is 0 Å². The highest BCUT2D eigenvalue weighted by atomic mass is 16.3. The number of nitrogens with zero attached hydrogens (tertiary/aromatic N) is 1. The molecule has 0 radical (unpaired) electrons. The van der Waals surface area contributed by atoms with Gasteiger partial charge in [0.25, 0.3) is 11.8 Å². The molecule has 1 N–H and O–H groups in total. The van der Waals surface area contributed by atoms with Crippen molar-refractivity contribution in [2.24, 2.45) is 0 Å². The predicted octanol–water partition coefficient (Wildman–Crippen LogP) is 0.0724. The van der Waals surface area contributed by atoms with Gasteiger partial charge in [-0.3, -0.25) is 14.5 Å². The maximum Gasteiger partial charge on any atom is 0.256 e. The molecule has 0 saturated carbocycles. The van der Waals surface area contributed by atoms with Gasteiger partial charge in [0.2, 0.25) is 0 Å². The topological polar surface area (TPSA) is 57.6 Å². The van der Waals surface area contributed by atoms with Crippen molar-refractivity contribution in [3.8, 4) is 0 Å². The Morgan fingerprint density at radius 2 is 2.15 bits per heavy atom. The van der Waals surface area contributed by atoms with Crippen LogP contribution in [-0.2, 0) is 9.59 Å². The molecule has 0 aromatic heterocycles. The number of hydrogen-bond donors (Lipinski definition) is 1. The Labute approximate surface area is 76.8 Å². The second-order valence-corrected chi connectivity index (χ2v) is 3.20. The van der Waals surface area contributed by atoms with Gasteiger partial charge in [-0.25, -0.2) is 0 Å². The molecule has 1 unspecified atom stereocenters. The van der Waals surface area contributed by atoms with Gasteiger partial charge in [0, 0.05) is 24.3 Å². The van der Waals surface area contributed by atoms with Crippen LogP contribution in [0.15, 0.2) is 11.6 Å². The van der Waals surface area contributed by atoms with E-state index in [1.807, 2.05) is 0 Å². The standard InChI is InChI=1S/C9H13NO3/c1-6-5-8(12)10(9(6)13)7(2)3-4-11/h5,7,11H,3-4H2,1-2H3. The summed E-state index contributed by atoms with van der Waals surface area (Å²) in [7, 11) is 0. The van der Waals surface area contributed by atoms with Crippen LogP contribution in [0.1, 0.15) is 20.3 Å². The van der Waals surface area contributed by atoms with Gasteiger partial charge in [-0.1, -0.05) is 0 Å². The first kappa shape index (κ1) is 9.92. The van der Waals surface area contributed by atoms with Crippen LogP contribution in [0.3, 0.4) is 0 Å². The molecule has 0 bridgehead atoms. The maximum absolute atomic E-state index is 11.4. The van der Waals surface area contributed by atoms with Crippen LogP contribution in [0.2, 0.25) is 0 Å². The summed E-state index contributed by atoms with van der Waals surface area (Å²) in [6, 6.07) is -0.223. The highest BCUT2D eigenvalue weighted by Gasteiger charge is 2.31.